The number of hydrogen-bond donors (Lipinski definition) is 2. The molecule has 3 atom stereocenters. The van der Waals surface area contributed by atoms with Gasteiger partial charge >= 0.3 is 0 Å². The Morgan fingerprint density at radius 2 is 1.89 bits per heavy atom. The van der Waals surface area contributed by atoms with Crippen LogP contribution in [-0.4, -0.2) is 72.5 Å². The highest BCUT2D eigenvalue weighted by atomic mass is 16.5. The molecule has 2 aliphatic rings. The average molecular weight is 517 g/mol. The number of H-pyrrole nitrogens is 1. The smallest absolute Gasteiger partial charge is 0.254 e. The lowest BCUT2D eigenvalue weighted by Gasteiger charge is -2.41. The fourth-order valence-corrected chi connectivity index (χ4v) is 6.42. The van der Waals surface area contributed by atoms with Gasteiger partial charge in [0.05, 0.1) is 18.6 Å². The van der Waals surface area contributed by atoms with Crippen molar-refractivity contribution in [1.29, 1.82) is 0 Å². The van der Waals surface area contributed by atoms with E-state index in [2.05, 4.69) is 28.2 Å². The first-order valence-electron chi connectivity index (χ1n) is 14.1. The number of methoxy groups -OCH3 is 1. The molecule has 0 bridgehead atoms. The van der Waals surface area contributed by atoms with Crippen molar-refractivity contribution in [1.82, 2.24) is 20.1 Å². The molecular formula is C31H40N4O3. The molecule has 2 aromatic carbocycles. The van der Waals surface area contributed by atoms with Crippen molar-refractivity contribution in [3.63, 3.8) is 0 Å². The van der Waals surface area contributed by atoms with Gasteiger partial charge in [0, 0.05) is 61.0 Å². The SMILES string of the molecule is CCC1CCCCN1CCCNC(=O)C1c2ccccc2C(=O)N(CCOC)C1c1c[nH]c2ccccc12. The van der Waals surface area contributed by atoms with Crippen molar-refractivity contribution in [3.8, 4) is 0 Å². The van der Waals surface area contributed by atoms with Crippen LogP contribution in [0.4, 0.5) is 0 Å². The van der Waals surface area contributed by atoms with Crippen LogP contribution < -0.4 is 5.32 Å². The zero-order valence-corrected chi connectivity index (χ0v) is 22.6. The molecule has 202 valence electrons. The number of piperidine rings is 1. The van der Waals surface area contributed by atoms with E-state index in [-0.39, 0.29) is 11.8 Å². The van der Waals surface area contributed by atoms with Crippen LogP contribution in [0.2, 0.25) is 0 Å². The van der Waals surface area contributed by atoms with Gasteiger partial charge in [0.1, 0.15) is 0 Å². The van der Waals surface area contributed by atoms with Crippen molar-refractivity contribution in [2.45, 2.75) is 57.0 Å². The van der Waals surface area contributed by atoms with Crippen LogP contribution in [0, 0.1) is 0 Å². The van der Waals surface area contributed by atoms with Gasteiger partial charge in [0.2, 0.25) is 5.91 Å². The fraction of sp³-hybridized carbons (Fsp3) is 0.484. The highest BCUT2D eigenvalue weighted by Crippen LogP contribution is 2.44. The van der Waals surface area contributed by atoms with E-state index in [1.807, 2.05) is 53.6 Å². The number of aromatic nitrogens is 1. The number of hydrogen-bond acceptors (Lipinski definition) is 4. The summed E-state index contributed by atoms with van der Waals surface area (Å²) in [5, 5.41) is 4.28. The van der Waals surface area contributed by atoms with Gasteiger partial charge in [0.15, 0.2) is 0 Å². The largest absolute Gasteiger partial charge is 0.383 e. The van der Waals surface area contributed by atoms with Crippen molar-refractivity contribution >= 4 is 22.7 Å². The molecule has 0 radical (unpaired) electrons. The third kappa shape index (κ3) is 5.22. The maximum atomic E-state index is 14.0. The summed E-state index contributed by atoms with van der Waals surface area (Å²) in [7, 11) is 1.64. The molecule has 7 heteroatoms. The van der Waals surface area contributed by atoms with Crippen LogP contribution in [-0.2, 0) is 9.53 Å². The van der Waals surface area contributed by atoms with Crippen LogP contribution in [0.5, 0.6) is 0 Å². The second kappa shape index (κ2) is 12.1. The van der Waals surface area contributed by atoms with Crippen molar-refractivity contribution < 1.29 is 14.3 Å². The normalized spacial score (nSPS) is 22.0. The fourth-order valence-electron chi connectivity index (χ4n) is 6.42. The first-order chi connectivity index (χ1) is 18.6. The minimum absolute atomic E-state index is 0.0340. The number of aromatic amines is 1. The summed E-state index contributed by atoms with van der Waals surface area (Å²) in [4.78, 5) is 35.5. The van der Waals surface area contributed by atoms with Crippen LogP contribution in [0.15, 0.2) is 54.7 Å². The molecule has 7 nitrogen and oxygen atoms in total. The van der Waals surface area contributed by atoms with Gasteiger partial charge < -0.3 is 24.8 Å². The Morgan fingerprint density at radius 1 is 1.08 bits per heavy atom. The maximum Gasteiger partial charge on any atom is 0.254 e. The van der Waals surface area contributed by atoms with E-state index in [4.69, 9.17) is 4.74 Å². The number of fused-ring (bicyclic) bond motifs is 2. The molecule has 3 unspecified atom stereocenters. The summed E-state index contributed by atoms with van der Waals surface area (Å²) < 4.78 is 5.38. The molecule has 2 amide bonds. The Hall–Kier alpha value is -3.16. The highest BCUT2D eigenvalue weighted by molar-refractivity contribution is 6.02. The van der Waals surface area contributed by atoms with E-state index < -0.39 is 12.0 Å². The molecule has 2 aliphatic heterocycles. The third-order valence-electron chi connectivity index (χ3n) is 8.34. The number of nitrogens with one attached hydrogen (secondary N) is 2. The number of carbonyl (C=O) groups excluding carboxylic acids is 2. The summed E-state index contributed by atoms with van der Waals surface area (Å²) in [6, 6.07) is 15.9. The van der Waals surface area contributed by atoms with Crippen LogP contribution >= 0.6 is 0 Å². The lowest BCUT2D eigenvalue weighted by atomic mass is 9.79. The highest BCUT2D eigenvalue weighted by Gasteiger charge is 2.44. The lowest BCUT2D eigenvalue weighted by Crippen LogP contribution is -2.48. The first-order valence-corrected chi connectivity index (χ1v) is 14.1. The number of para-hydroxylation sites is 1. The van der Waals surface area contributed by atoms with E-state index in [9.17, 15) is 9.59 Å². The Labute approximate surface area is 225 Å². The minimum atomic E-state index is -0.515. The molecular weight excluding hydrogens is 476 g/mol. The Balaban J connectivity index is 1.43. The van der Waals surface area contributed by atoms with Gasteiger partial charge in [-0.3, -0.25) is 9.59 Å². The van der Waals surface area contributed by atoms with Gasteiger partial charge in [-0.05, 0) is 49.9 Å². The summed E-state index contributed by atoms with van der Waals surface area (Å²) in [6.45, 7) is 5.86. The summed E-state index contributed by atoms with van der Waals surface area (Å²) in [6.07, 6.45) is 7.92. The second-order valence-electron chi connectivity index (χ2n) is 10.5. The zero-order valence-electron chi connectivity index (χ0n) is 22.6. The first kappa shape index (κ1) is 26.4. The average Bonchev–Trinajstić information content (AvgIpc) is 3.38. The Bertz CT molecular complexity index is 1250. The summed E-state index contributed by atoms with van der Waals surface area (Å²) >= 11 is 0. The molecule has 0 spiro atoms. The zero-order chi connectivity index (χ0) is 26.5. The molecule has 3 aromatic rings. The van der Waals surface area contributed by atoms with Gasteiger partial charge in [-0.2, -0.15) is 0 Å². The number of rotatable bonds is 10. The Morgan fingerprint density at radius 3 is 2.74 bits per heavy atom. The van der Waals surface area contributed by atoms with Crippen molar-refractivity contribution in [2.75, 3.05) is 39.9 Å². The molecule has 0 aliphatic carbocycles. The number of carbonyl (C=O) groups is 2. The molecule has 1 saturated heterocycles. The van der Waals surface area contributed by atoms with E-state index >= 15 is 0 Å². The third-order valence-corrected chi connectivity index (χ3v) is 8.34. The topological polar surface area (TPSA) is 77.7 Å². The van der Waals surface area contributed by atoms with Crippen LogP contribution in [0.3, 0.4) is 0 Å². The number of ether oxygens (including phenoxy) is 1. The maximum absolute atomic E-state index is 14.0. The Kier molecular flexibility index (Phi) is 8.45. The standard InChI is InChI=1S/C31H40N4O3/c1-3-22-11-8-9-17-34(22)18-10-16-32-30(36)28-24-13-4-5-14-25(24)31(37)35(19-20-38-2)29(28)26-21-33-27-15-7-6-12-23(26)27/h4-7,12-15,21-22,28-29,33H,3,8-11,16-20H2,1-2H3,(H,32,36). The van der Waals surface area contributed by atoms with E-state index in [0.29, 0.717) is 31.3 Å². The van der Waals surface area contributed by atoms with Gasteiger partial charge in [-0.1, -0.05) is 49.7 Å². The molecule has 0 saturated carbocycles. The molecule has 38 heavy (non-hydrogen) atoms. The number of amides is 2. The van der Waals surface area contributed by atoms with Crippen molar-refractivity contribution in [2.24, 2.45) is 0 Å². The number of benzene rings is 2. The van der Waals surface area contributed by atoms with E-state index in [0.717, 1.165) is 41.5 Å². The lowest BCUT2D eigenvalue weighted by molar-refractivity contribution is -0.124. The predicted octanol–water partition coefficient (Wildman–Crippen LogP) is 4.87. The molecule has 1 aromatic heterocycles. The predicted molar refractivity (Wildman–Crippen MR) is 150 cm³/mol. The summed E-state index contributed by atoms with van der Waals surface area (Å²) in [5.41, 5.74) is 3.34. The van der Waals surface area contributed by atoms with E-state index in [1.165, 1.54) is 25.7 Å². The molecule has 3 heterocycles. The minimum Gasteiger partial charge on any atom is -0.383 e. The molecule has 1 fully saturated rings. The monoisotopic (exact) mass is 516 g/mol. The molecule has 2 N–H and O–H groups in total. The molecule has 5 rings (SSSR count). The summed E-state index contributed by atoms with van der Waals surface area (Å²) in [5.74, 6) is -0.612. The van der Waals surface area contributed by atoms with Crippen LogP contribution in [0.25, 0.3) is 10.9 Å². The number of likely N-dealkylation sites (tertiary alicyclic amines) is 1. The van der Waals surface area contributed by atoms with Gasteiger partial charge in [0.25, 0.3) is 5.91 Å². The number of nitrogens with zero attached hydrogens (tertiary/aromatic N) is 2. The van der Waals surface area contributed by atoms with Crippen LogP contribution in [0.1, 0.15) is 72.5 Å². The quantitative estimate of drug-likeness (QED) is 0.377. The van der Waals surface area contributed by atoms with E-state index in [1.54, 1.807) is 7.11 Å². The second-order valence-corrected chi connectivity index (χ2v) is 10.5. The van der Waals surface area contributed by atoms with Gasteiger partial charge in [-0.25, -0.2) is 0 Å². The van der Waals surface area contributed by atoms with Gasteiger partial charge in [-0.15, -0.1) is 0 Å². The van der Waals surface area contributed by atoms with Crippen molar-refractivity contribution in [3.05, 3.63) is 71.4 Å².